The Hall–Kier alpha value is -3.50. The van der Waals surface area contributed by atoms with Crippen LogP contribution in [0.5, 0.6) is 0 Å². The van der Waals surface area contributed by atoms with Gasteiger partial charge in [-0.2, -0.15) is 10.2 Å². The number of carbonyl (C=O) groups excluding carboxylic acids is 1. The van der Waals surface area contributed by atoms with Crippen LogP contribution in [0, 0.1) is 17.2 Å². The molecule has 4 rings (SSSR count). The molecular weight excluding hydrogens is 366 g/mol. The highest BCUT2D eigenvalue weighted by Gasteiger charge is 2.26. The first-order valence-corrected chi connectivity index (χ1v) is 9.62. The summed E-state index contributed by atoms with van der Waals surface area (Å²) in [6, 6.07) is 18.7. The zero-order chi connectivity index (χ0) is 20.1. The number of likely N-dealkylation sites (tertiary alicyclic amines) is 1. The monoisotopic (exact) mass is 387 g/mol. The number of aromatic nitrogens is 2. The van der Waals surface area contributed by atoms with Crippen LogP contribution in [0.2, 0.25) is 0 Å². The molecule has 7 nitrogen and oxygen atoms in total. The summed E-state index contributed by atoms with van der Waals surface area (Å²) in [5.74, 6) is 1.18. The number of carbonyl (C=O) groups is 1. The van der Waals surface area contributed by atoms with Crippen LogP contribution in [-0.4, -0.2) is 34.0 Å². The van der Waals surface area contributed by atoms with Gasteiger partial charge in [-0.3, -0.25) is 9.69 Å². The number of amides is 1. The van der Waals surface area contributed by atoms with E-state index in [0.29, 0.717) is 23.8 Å². The zero-order valence-corrected chi connectivity index (χ0v) is 15.9. The molecule has 1 aromatic heterocycles. The fourth-order valence-corrected chi connectivity index (χ4v) is 3.44. The van der Waals surface area contributed by atoms with E-state index in [1.807, 2.05) is 30.3 Å². The van der Waals surface area contributed by atoms with Gasteiger partial charge in [0.25, 0.3) is 0 Å². The van der Waals surface area contributed by atoms with Crippen molar-refractivity contribution in [3.8, 4) is 17.5 Å². The number of benzene rings is 2. The standard InChI is InChI=1S/C22H21N5O2/c23-14-16-6-8-19(9-7-16)24-22(28)18-10-12-27(13-11-18)15-20-25-21(26-29-20)17-4-2-1-3-5-17/h1-9,18H,10-13,15H2,(H,24,28). The summed E-state index contributed by atoms with van der Waals surface area (Å²) < 4.78 is 5.39. The number of piperidine rings is 1. The fraction of sp³-hybridized carbons (Fsp3) is 0.273. The van der Waals surface area contributed by atoms with Gasteiger partial charge in [0.15, 0.2) is 0 Å². The third-order valence-corrected chi connectivity index (χ3v) is 5.10. The van der Waals surface area contributed by atoms with Crippen molar-refractivity contribution >= 4 is 11.6 Å². The molecular formula is C22H21N5O2. The van der Waals surface area contributed by atoms with Crippen molar-refractivity contribution in [1.82, 2.24) is 15.0 Å². The molecule has 0 bridgehead atoms. The molecule has 1 N–H and O–H groups in total. The molecule has 7 heteroatoms. The van der Waals surface area contributed by atoms with E-state index in [9.17, 15) is 4.79 Å². The van der Waals surface area contributed by atoms with Crippen LogP contribution >= 0.6 is 0 Å². The summed E-state index contributed by atoms with van der Waals surface area (Å²) >= 11 is 0. The Morgan fingerprint density at radius 2 is 1.86 bits per heavy atom. The fourth-order valence-electron chi connectivity index (χ4n) is 3.44. The number of hydrogen-bond acceptors (Lipinski definition) is 6. The Bertz CT molecular complexity index is 1000. The molecule has 1 amide bonds. The van der Waals surface area contributed by atoms with Gasteiger partial charge in [0.1, 0.15) is 0 Å². The molecule has 3 aromatic rings. The first-order valence-electron chi connectivity index (χ1n) is 9.62. The van der Waals surface area contributed by atoms with Gasteiger partial charge in [-0.05, 0) is 50.2 Å². The summed E-state index contributed by atoms with van der Waals surface area (Å²) in [4.78, 5) is 19.2. The van der Waals surface area contributed by atoms with Gasteiger partial charge >= 0.3 is 0 Å². The molecule has 2 aromatic carbocycles. The molecule has 29 heavy (non-hydrogen) atoms. The maximum Gasteiger partial charge on any atom is 0.241 e. The highest BCUT2D eigenvalue weighted by molar-refractivity contribution is 5.92. The minimum atomic E-state index is -0.0236. The summed E-state index contributed by atoms with van der Waals surface area (Å²) in [5, 5.41) is 15.8. The van der Waals surface area contributed by atoms with Gasteiger partial charge < -0.3 is 9.84 Å². The Morgan fingerprint density at radius 3 is 2.55 bits per heavy atom. The first kappa shape index (κ1) is 18.8. The van der Waals surface area contributed by atoms with Gasteiger partial charge in [0, 0.05) is 17.2 Å². The summed E-state index contributed by atoms with van der Waals surface area (Å²) in [7, 11) is 0. The second kappa shape index (κ2) is 8.67. The summed E-state index contributed by atoms with van der Waals surface area (Å²) in [6.07, 6.45) is 1.56. The van der Waals surface area contributed by atoms with Crippen LogP contribution in [-0.2, 0) is 11.3 Å². The van der Waals surface area contributed by atoms with Crippen LogP contribution in [0.25, 0.3) is 11.4 Å². The van der Waals surface area contributed by atoms with Crippen LogP contribution in [0.15, 0.2) is 59.1 Å². The Morgan fingerprint density at radius 1 is 1.14 bits per heavy atom. The van der Waals surface area contributed by atoms with E-state index in [-0.39, 0.29) is 11.8 Å². The van der Waals surface area contributed by atoms with Gasteiger partial charge in [0.05, 0.1) is 18.2 Å². The third-order valence-electron chi connectivity index (χ3n) is 5.10. The van der Waals surface area contributed by atoms with Crippen molar-refractivity contribution in [2.75, 3.05) is 18.4 Å². The largest absolute Gasteiger partial charge is 0.338 e. The van der Waals surface area contributed by atoms with Crippen LogP contribution in [0.3, 0.4) is 0 Å². The molecule has 146 valence electrons. The van der Waals surface area contributed by atoms with Crippen molar-refractivity contribution < 1.29 is 9.32 Å². The van der Waals surface area contributed by atoms with Crippen LogP contribution in [0.1, 0.15) is 24.3 Å². The van der Waals surface area contributed by atoms with Crippen molar-refractivity contribution in [2.45, 2.75) is 19.4 Å². The maximum atomic E-state index is 12.5. The van der Waals surface area contributed by atoms with E-state index in [2.05, 4.69) is 26.4 Å². The van der Waals surface area contributed by atoms with Crippen molar-refractivity contribution in [1.29, 1.82) is 5.26 Å². The number of hydrogen-bond donors (Lipinski definition) is 1. The summed E-state index contributed by atoms with van der Waals surface area (Å²) in [6.45, 7) is 2.19. The van der Waals surface area contributed by atoms with Crippen molar-refractivity contribution in [2.24, 2.45) is 5.92 Å². The van der Waals surface area contributed by atoms with Gasteiger partial charge in [-0.1, -0.05) is 35.5 Å². The van der Waals surface area contributed by atoms with E-state index in [4.69, 9.17) is 9.78 Å². The highest BCUT2D eigenvalue weighted by atomic mass is 16.5. The molecule has 0 unspecified atom stereocenters. The molecule has 1 aliphatic heterocycles. The lowest BCUT2D eigenvalue weighted by Crippen LogP contribution is -2.37. The number of anilines is 1. The molecule has 0 aliphatic carbocycles. The van der Waals surface area contributed by atoms with E-state index in [1.54, 1.807) is 24.3 Å². The minimum absolute atomic E-state index is 0.0236. The molecule has 1 fully saturated rings. The van der Waals surface area contributed by atoms with Crippen molar-refractivity contribution in [3.05, 3.63) is 66.1 Å². The van der Waals surface area contributed by atoms with E-state index in [0.717, 1.165) is 37.2 Å². The quantitative estimate of drug-likeness (QED) is 0.720. The van der Waals surface area contributed by atoms with Crippen LogP contribution < -0.4 is 5.32 Å². The number of nitrogens with one attached hydrogen (secondary N) is 1. The number of rotatable bonds is 5. The topological polar surface area (TPSA) is 95.1 Å². The molecule has 2 heterocycles. The average Bonchev–Trinajstić information content (AvgIpc) is 3.24. The van der Waals surface area contributed by atoms with Crippen LogP contribution in [0.4, 0.5) is 5.69 Å². The SMILES string of the molecule is N#Cc1ccc(NC(=O)C2CCN(Cc3nc(-c4ccccc4)no3)CC2)cc1. The lowest BCUT2D eigenvalue weighted by Gasteiger charge is -2.30. The molecule has 0 atom stereocenters. The Kier molecular flexibility index (Phi) is 5.63. The van der Waals surface area contributed by atoms with E-state index in [1.165, 1.54) is 0 Å². The smallest absolute Gasteiger partial charge is 0.241 e. The van der Waals surface area contributed by atoms with Gasteiger partial charge in [-0.25, -0.2) is 0 Å². The average molecular weight is 387 g/mol. The number of nitriles is 1. The van der Waals surface area contributed by atoms with Gasteiger partial charge in [-0.15, -0.1) is 0 Å². The zero-order valence-electron chi connectivity index (χ0n) is 15.9. The molecule has 0 radical (unpaired) electrons. The Balaban J connectivity index is 1.27. The molecule has 0 spiro atoms. The van der Waals surface area contributed by atoms with Crippen molar-refractivity contribution in [3.63, 3.8) is 0 Å². The predicted octanol–water partition coefficient (Wildman–Crippen LogP) is 3.46. The normalized spacial score (nSPS) is 15.0. The highest BCUT2D eigenvalue weighted by Crippen LogP contribution is 2.22. The van der Waals surface area contributed by atoms with E-state index < -0.39 is 0 Å². The van der Waals surface area contributed by atoms with Gasteiger partial charge in [0.2, 0.25) is 17.6 Å². The third kappa shape index (κ3) is 4.68. The molecule has 1 aliphatic rings. The minimum Gasteiger partial charge on any atom is -0.338 e. The summed E-state index contributed by atoms with van der Waals surface area (Å²) in [5.41, 5.74) is 2.23. The lowest BCUT2D eigenvalue weighted by atomic mass is 9.96. The first-order chi connectivity index (χ1) is 14.2. The molecule has 0 saturated carbocycles. The lowest BCUT2D eigenvalue weighted by molar-refractivity contribution is -0.121. The Labute approximate surface area is 169 Å². The predicted molar refractivity (Wildman–Crippen MR) is 108 cm³/mol. The second-order valence-electron chi connectivity index (χ2n) is 7.11. The van der Waals surface area contributed by atoms with E-state index >= 15 is 0 Å². The maximum absolute atomic E-state index is 12.5. The molecule has 1 saturated heterocycles. The number of nitrogens with zero attached hydrogens (tertiary/aromatic N) is 4. The second-order valence-corrected chi connectivity index (χ2v) is 7.11.